The summed E-state index contributed by atoms with van der Waals surface area (Å²) in [6, 6.07) is 1.90. The summed E-state index contributed by atoms with van der Waals surface area (Å²) >= 11 is 0. The molecule has 2 aromatic rings. The predicted octanol–water partition coefficient (Wildman–Crippen LogP) is 1.57. The molecule has 0 N–H and O–H groups in total. The maximum atomic E-state index is 5.29. The van der Waals surface area contributed by atoms with E-state index >= 15 is 0 Å². The fourth-order valence-corrected chi connectivity index (χ4v) is 1.83. The van der Waals surface area contributed by atoms with Crippen LogP contribution in [0.5, 0.6) is 0 Å². The smallest absolute Gasteiger partial charge is 0.225 e. The highest BCUT2D eigenvalue weighted by Gasteiger charge is 2.13. The molecule has 0 unspecified atom stereocenters. The summed E-state index contributed by atoms with van der Waals surface area (Å²) in [4.78, 5) is 10.9. The topological polar surface area (TPSA) is 51.4 Å². The Bertz CT molecular complexity index is 461. The van der Waals surface area contributed by atoms with Gasteiger partial charge < -0.3 is 14.1 Å². The standard InChI is InChI=1S/C12H13N3O2/c1-4-17-9-10(1)11-7-13-12(14-8-11)15-2-5-16-6-3-15/h1,4,7-9H,2-3,5-6H2. The molecule has 0 bridgehead atoms. The molecule has 0 aromatic carbocycles. The Morgan fingerprint density at radius 3 is 2.47 bits per heavy atom. The zero-order valence-corrected chi connectivity index (χ0v) is 9.37. The monoisotopic (exact) mass is 231 g/mol. The molecule has 17 heavy (non-hydrogen) atoms. The van der Waals surface area contributed by atoms with Crippen molar-refractivity contribution < 1.29 is 9.15 Å². The van der Waals surface area contributed by atoms with E-state index < -0.39 is 0 Å². The molecule has 0 saturated carbocycles. The highest BCUT2D eigenvalue weighted by molar-refractivity contribution is 5.60. The van der Waals surface area contributed by atoms with E-state index in [1.165, 1.54) is 0 Å². The summed E-state index contributed by atoms with van der Waals surface area (Å²) in [6.07, 6.45) is 6.98. The maximum absolute atomic E-state index is 5.29. The Morgan fingerprint density at radius 1 is 1.06 bits per heavy atom. The molecule has 0 spiro atoms. The van der Waals surface area contributed by atoms with Gasteiger partial charge in [-0.3, -0.25) is 0 Å². The van der Waals surface area contributed by atoms with Crippen molar-refractivity contribution in [3.8, 4) is 11.1 Å². The number of furan rings is 1. The third-order valence-electron chi connectivity index (χ3n) is 2.79. The number of ether oxygens (including phenoxy) is 1. The Morgan fingerprint density at radius 2 is 1.82 bits per heavy atom. The van der Waals surface area contributed by atoms with Crippen LogP contribution < -0.4 is 4.90 Å². The molecule has 0 radical (unpaired) electrons. The van der Waals surface area contributed by atoms with E-state index in [0.29, 0.717) is 0 Å². The predicted molar refractivity (Wildman–Crippen MR) is 62.8 cm³/mol. The van der Waals surface area contributed by atoms with Crippen LogP contribution in [0.15, 0.2) is 35.4 Å². The number of hydrogen-bond donors (Lipinski definition) is 0. The van der Waals surface area contributed by atoms with E-state index in [9.17, 15) is 0 Å². The van der Waals surface area contributed by atoms with Gasteiger partial charge in [0.25, 0.3) is 0 Å². The minimum absolute atomic E-state index is 0.743. The summed E-state index contributed by atoms with van der Waals surface area (Å²) in [5.41, 5.74) is 1.97. The van der Waals surface area contributed by atoms with E-state index in [2.05, 4.69) is 14.9 Å². The SMILES string of the molecule is c1cc(-c2cnc(N3CCOCC3)nc2)co1. The van der Waals surface area contributed by atoms with Gasteiger partial charge in [-0.15, -0.1) is 0 Å². The summed E-state index contributed by atoms with van der Waals surface area (Å²) < 4.78 is 10.3. The molecule has 0 amide bonds. The summed E-state index contributed by atoms with van der Waals surface area (Å²) in [6.45, 7) is 3.19. The van der Waals surface area contributed by atoms with Gasteiger partial charge in [0.2, 0.25) is 5.95 Å². The lowest BCUT2D eigenvalue weighted by Gasteiger charge is -2.26. The molecule has 88 valence electrons. The van der Waals surface area contributed by atoms with Crippen molar-refractivity contribution in [2.75, 3.05) is 31.2 Å². The van der Waals surface area contributed by atoms with Gasteiger partial charge in [-0.2, -0.15) is 0 Å². The number of hydrogen-bond acceptors (Lipinski definition) is 5. The van der Waals surface area contributed by atoms with Crippen molar-refractivity contribution in [3.63, 3.8) is 0 Å². The van der Waals surface area contributed by atoms with Crippen molar-refractivity contribution in [2.24, 2.45) is 0 Å². The summed E-state index contributed by atoms with van der Waals surface area (Å²) in [5, 5.41) is 0. The third kappa shape index (κ3) is 2.14. The molecule has 1 saturated heterocycles. The highest BCUT2D eigenvalue weighted by Crippen LogP contribution is 2.19. The van der Waals surface area contributed by atoms with E-state index in [1.54, 1.807) is 12.5 Å². The van der Waals surface area contributed by atoms with Gasteiger partial charge in [0, 0.05) is 36.6 Å². The van der Waals surface area contributed by atoms with Gasteiger partial charge in [0.05, 0.1) is 25.7 Å². The molecule has 1 aliphatic rings. The van der Waals surface area contributed by atoms with Gasteiger partial charge in [-0.1, -0.05) is 0 Å². The van der Waals surface area contributed by atoms with Gasteiger partial charge in [0.15, 0.2) is 0 Å². The maximum Gasteiger partial charge on any atom is 0.225 e. The first-order valence-electron chi connectivity index (χ1n) is 5.61. The van der Waals surface area contributed by atoms with Gasteiger partial charge in [0.1, 0.15) is 0 Å². The highest BCUT2D eigenvalue weighted by atomic mass is 16.5. The quantitative estimate of drug-likeness (QED) is 0.785. The van der Waals surface area contributed by atoms with Crippen LogP contribution in [0.2, 0.25) is 0 Å². The number of rotatable bonds is 2. The number of morpholine rings is 1. The molecule has 1 aliphatic heterocycles. The minimum atomic E-state index is 0.743. The second-order valence-corrected chi connectivity index (χ2v) is 3.88. The lowest BCUT2D eigenvalue weighted by Crippen LogP contribution is -2.37. The molecule has 0 aliphatic carbocycles. The molecular formula is C12H13N3O2. The molecule has 2 aromatic heterocycles. The summed E-state index contributed by atoms with van der Waals surface area (Å²) in [7, 11) is 0. The van der Waals surface area contributed by atoms with Crippen molar-refractivity contribution >= 4 is 5.95 Å². The van der Waals surface area contributed by atoms with Crippen LogP contribution in [-0.2, 0) is 4.74 Å². The zero-order chi connectivity index (χ0) is 11.5. The molecule has 3 heterocycles. The number of aromatic nitrogens is 2. The fourth-order valence-electron chi connectivity index (χ4n) is 1.83. The van der Waals surface area contributed by atoms with Crippen LogP contribution in [0.3, 0.4) is 0 Å². The van der Waals surface area contributed by atoms with Crippen LogP contribution >= 0.6 is 0 Å². The first-order chi connectivity index (χ1) is 8.43. The Labute approximate surface area is 99.0 Å². The van der Waals surface area contributed by atoms with Gasteiger partial charge >= 0.3 is 0 Å². The van der Waals surface area contributed by atoms with E-state index in [4.69, 9.17) is 9.15 Å². The fraction of sp³-hybridized carbons (Fsp3) is 0.333. The molecule has 5 nitrogen and oxygen atoms in total. The average Bonchev–Trinajstić information content (AvgIpc) is 2.94. The van der Waals surface area contributed by atoms with Crippen LogP contribution in [0.25, 0.3) is 11.1 Å². The van der Waals surface area contributed by atoms with Crippen molar-refractivity contribution in [3.05, 3.63) is 31.0 Å². The van der Waals surface area contributed by atoms with Gasteiger partial charge in [-0.25, -0.2) is 9.97 Å². The Hall–Kier alpha value is -1.88. The average molecular weight is 231 g/mol. The molecule has 3 rings (SSSR count). The number of anilines is 1. The van der Waals surface area contributed by atoms with E-state index in [0.717, 1.165) is 43.4 Å². The van der Waals surface area contributed by atoms with Crippen molar-refractivity contribution in [1.82, 2.24) is 9.97 Å². The molecule has 0 atom stereocenters. The first kappa shape index (κ1) is 10.3. The second-order valence-electron chi connectivity index (χ2n) is 3.88. The first-order valence-corrected chi connectivity index (χ1v) is 5.61. The Kier molecular flexibility index (Phi) is 2.75. The van der Waals surface area contributed by atoms with Crippen LogP contribution in [-0.4, -0.2) is 36.3 Å². The molecule has 5 heteroatoms. The lowest BCUT2D eigenvalue weighted by atomic mass is 10.2. The van der Waals surface area contributed by atoms with E-state index in [-0.39, 0.29) is 0 Å². The van der Waals surface area contributed by atoms with E-state index in [1.807, 2.05) is 18.5 Å². The van der Waals surface area contributed by atoms with Crippen molar-refractivity contribution in [1.29, 1.82) is 0 Å². The minimum Gasteiger partial charge on any atom is -0.472 e. The Balaban J connectivity index is 1.80. The van der Waals surface area contributed by atoms with Crippen LogP contribution in [0.4, 0.5) is 5.95 Å². The zero-order valence-electron chi connectivity index (χ0n) is 9.37. The number of nitrogens with zero attached hydrogens (tertiary/aromatic N) is 3. The third-order valence-corrected chi connectivity index (χ3v) is 2.79. The van der Waals surface area contributed by atoms with Crippen molar-refractivity contribution in [2.45, 2.75) is 0 Å². The molecular weight excluding hydrogens is 218 g/mol. The normalized spacial score (nSPS) is 16.1. The van der Waals surface area contributed by atoms with Crippen LogP contribution in [0.1, 0.15) is 0 Å². The van der Waals surface area contributed by atoms with Crippen LogP contribution in [0, 0.1) is 0 Å². The largest absolute Gasteiger partial charge is 0.472 e. The molecule has 1 fully saturated rings. The van der Waals surface area contributed by atoms with Gasteiger partial charge in [-0.05, 0) is 6.07 Å². The lowest BCUT2D eigenvalue weighted by molar-refractivity contribution is 0.122. The second kappa shape index (κ2) is 4.55. The summed E-state index contributed by atoms with van der Waals surface area (Å²) in [5.74, 6) is 0.764.